The van der Waals surface area contributed by atoms with Crippen LogP contribution in [0.15, 0.2) is 122 Å². The third-order valence-electron chi connectivity index (χ3n) is 6.23. The average Bonchev–Trinajstić information content (AvgIpc) is 2.97. The van der Waals surface area contributed by atoms with Crippen molar-refractivity contribution in [3.05, 3.63) is 156 Å². The second kappa shape index (κ2) is 9.80. The van der Waals surface area contributed by atoms with Crippen molar-refractivity contribution in [1.29, 1.82) is 0 Å². The fourth-order valence-electron chi connectivity index (χ4n) is 4.62. The first-order valence-corrected chi connectivity index (χ1v) is 11.8. The molecule has 0 N–H and O–H groups in total. The van der Waals surface area contributed by atoms with E-state index in [-0.39, 0.29) is 11.8 Å². The molecule has 36 heavy (non-hydrogen) atoms. The van der Waals surface area contributed by atoms with Gasteiger partial charge in [-0.25, -0.2) is 0 Å². The molecule has 6 heteroatoms. The van der Waals surface area contributed by atoms with Gasteiger partial charge in [-0.3, -0.25) is 19.9 Å². The van der Waals surface area contributed by atoms with E-state index >= 15 is 0 Å². The van der Waals surface area contributed by atoms with Gasteiger partial charge >= 0.3 is 0 Å². The summed E-state index contributed by atoms with van der Waals surface area (Å²) in [6.07, 6.45) is 7.20. The molecule has 0 aliphatic carbocycles. The van der Waals surface area contributed by atoms with E-state index in [9.17, 15) is 0 Å². The normalized spacial score (nSPS) is 11.3. The predicted octanol–water partition coefficient (Wildman–Crippen LogP) is 5.57. The van der Waals surface area contributed by atoms with Gasteiger partial charge in [-0.05, 0) is 48.5 Å². The summed E-state index contributed by atoms with van der Waals surface area (Å²) in [7, 11) is 0. The van der Waals surface area contributed by atoms with Crippen molar-refractivity contribution < 1.29 is 0 Å². The van der Waals surface area contributed by atoms with Crippen LogP contribution in [0.25, 0.3) is 10.8 Å². The number of nitrogens with zero attached hydrogens (tertiary/aromatic N) is 6. The Bertz CT molecular complexity index is 1380. The van der Waals surface area contributed by atoms with Crippen LogP contribution in [0.1, 0.15) is 46.0 Å². The Balaban J connectivity index is 1.60. The van der Waals surface area contributed by atoms with Gasteiger partial charge in [-0.2, -0.15) is 10.2 Å². The molecule has 6 aromatic rings. The van der Waals surface area contributed by atoms with E-state index in [1.807, 2.05) is 84.9 Å². The lowest BCUT2D eigenvalue weighted by atomic mass is 9.88. The van der Waals surface area contributed by atoms with Crippen molar-refractivity contribution in [2.45, 2.75) is 11.8 Å². The van der Waals surface area contributed by atoms with E-state index in [1.165, 1.54) is 0 Å². The molecule has 172 valence electrons. The Morgan fingerprint density at radius 2 is 0.667 bits per heavy atom. The summed E-state index contributed by atoms with van der Waals surface area (Å²) in [5, 5.41) is 11.7. The lowest BCUT2D eigenvalue weighted by molar-refractivity contribution is 0.773. The van der Waals surface area contributed by atoms with Gasteiger partial charge in [0.05, 0.1) is 46.0 Å². The summed E-state index contributed by atoms with van der Waals surface area (Å²) in [4.78, 5) is 18.7. The van der Waals surface area contributed by atoms with Gasteiger partial charge in [0.2, 0.25) is 0 Å². The molecule has 0 amide bonds. The third-order valence-corrected chi connectivity index (χ3v) is 6.23. The largest absolute Gasteiger partial charge is 0.260 e. The summed E-state index contributed by atoms with van der Waals surface area (Å²) in [6.45, 7) is 0. The van der Waals surface area contributed by atoms with E-state index in [2.05, 4.69) is 32.1 Å². The Labute approximate surface area is 208 Å². The number of fused-ring (bicyclic) bond motifs is 1. The fraction of sp³-hybridized carbons (Fsp3) is 0.0667. The molecule has 0 radical (unpaired) electrons. The summed E-state index contributed by atoms with van der Waals surface area (Å²) in [5.74, 6) is -0.524. The van der Waals surface area contributed by atoms with E-state index in [4.69, 9.17) is 10.2 Å². The summed E-state index contributed by atoms with van der Waals surface area (Å²) >= 11 is 0. The standard InChI is InChI=1S/C30H22N6/c1-2-12-22-21(11-1)29(27(23-13-3-7-17-31-23)24-14-4-8-18-32-24)35-36-30(22)28(25-15-5-9-19-33-25)26-16-6-10-20-34-26/h1-20,27-28H. The van der Waals surface area contributed by atoms with Crippen LogP contribution in [-0.4, -0.2) is 30.1 Å². The van der Waals surface area contributed by atoms with Crippen molar-refractivity contribution in [3.63, 3.8) is 0 Å². The molecule has 0 fully saturated rings. The van der Waals surface area contributed by atoms with Crippen molar-refractivity contribution in [2.75, 3.05) is 0 Å². The number of hydrogen-bond donors (Lipinski definition) is 0. The Morgan fingerprint density at radius 3 is 0.944 bits per heavy atom. The van der Waals surface area contributed by atoms with Crippen LogP contribution in [0.3, 0.4) is 0 Å². The molecule has 0 atom stereocenters. The van der Waals surface area contributed by atoms with Gasteiger partial charge in [0.1, 0.15) is 0 Å². The van der Waals surface area contributed by atoms with Crippen LogP contribution in [0.5, 0.6) is 0 Å². The first-order valence-electron chi connectivity index (χ1n) is 11.8. The molecule has 0 spiro atoms. The van der Waals surface area contributed by atoms with Gasteiger partial charge in [-0.15, -0.1) is 0 Å². The van der Waals surface area contributed by atoms with Gasteiger partial charge in [-0.1, -0.05) is 48.5 Å². The Kier molecular flexibility index (Phi) is 5.90. The molecule has 0 aliphatic heterocycles. The summed E-state index contributed by atoms with van der Waals surface area (Å²) in [5.41, 5.74) is 5.10. The maximum Gasteiger partial charge on any atom is 0.0882 e. The zero-order valence-corrected chi connectivity index (χ0v) is 19.4. The topological polar surface area (TPSA) is 77.3 Å². The van der Waals surface area contributed by atoms with Gasteiger partial charge in [0.15, 0.2) is 0 Å². The lowest BCUT2D eigenvalue weighted by Gasteiger charge is -2.21. The predicted molar refractivity (Wildman–Crippen MR) is 138 cm³/mol. The molecule has 0 saturated carbocycles. The lowest BCUT2D eigenvalue weighted by Crippen LogP contribution is -2.15. The highest BCUT2D eigenvalue weighted by atomic mass is 15.1. The minimum Gasteiger partial charge on any atom is -0.260 e. The van der Waals surface area contributed by atoms with Crippen LogP contribution < -0.4 is 0 Å². The van der Waals surface area contributed by atoms with Gasteiger partial charge < -0.3 is 0 Å². The van der Waals surface area contributed by atoms with E-state index in [1.54, 1.807) is 24.8 Å². The van der Waals surface area contributed by atoms with Crippen LogP contribution >= 0.6 is 0 Å². The van der Waals surface area contributed by atoms with Crippen LogP contribution in [0.2, 0.25) is 0 Å². The summed E-state index contributed by atoms with van der Waals surface area (Å²) in [6, 6.07) is 31.9. The van der Waals surface area contributed by atoms with Crippen LogP contribution in [-0.2, 0) is 0 Å². The molecule has 0 bridgehead atoms. The van der Waals surface area contributed by atoms with Crippen molar-refractivity contribution in [1.82, 2.24) is 30.1 Å². The molecule has 0 unspecified atom stereocenters. The second-order valence-corrected chi connectivity index (χ2v) is 8.40. The highest BCUT2D eigenvalue weighted by Gasteiger charge is 2.28. The zero-order chi connectivity index (χ0) is 24.2. The Hall–Kier alpha value is -4.84. The van der Waals surface area contributed by atoms with Gasteiger partial charge in [0.25, 0.3) is 0 Å². The average molecular weight is 467 g/mol. The number of pyridine rings is 4. The smallest absolute Gasteiger partial charge is 0.0882 e. The molecule has 5 aromatic heterocycles. The Morgan fingerprint density at radius 1 is 0.361 bits per heavy atom. The molecule has 5 heterocycles. The molecular weight excluding hydrogens is 444 g/mol. The van der Waals surface area contributed by atoms with E-state index < -0.39 is 0 Å². The first kappa shape index (κ1) is 21.7. The van der Waals surface area contributed by atoms with Crippen LogP contribution in [0, 0.1) is 0 Å². The number of hydrogen-bond acceptors (Lipinski definition) is 6. The molecule has 0 aliphatic rings. The quantitative estimate of drug-likeness (QED) is 0.319. The second-order valence-electron chi connectivity index (χ2n) is 8.40. The monoisotopic (exact) mass is 466 g/mol. The first-order chi connectivity index (χ1) is 17.9. The number of rotatable bonds is 6. The molecule has 0 saturated heterocycles. The minimum absolute atomic E-state index is 0.262. The van der Waals surface area contributed by atoms with Crippen molar-refractivity contribution >= 4 is 10.8 Å². The maximum absolute atomic E-state index is 4.85. The highest BCUT2D eigenvalue weighted by Crippen LogP contribution is 2.37. The van der Waals surface area contributed by atoms with E-state index in [0.29, 0.717) is 0 Å². The zero-order valence-electron chi connectivity index (χ0n) is 19.4. The summed E-state index contributed by atoms with van der Waals surface area (Å²) < 4.78 is 0. The third kappa shape index (κ3) is 4.09. The van der Waals surface area contributed by atoms with Crippen molar-refractivity contribution in [3.8, 4) is 0 Å². The number of aromatic nitrogens is 6. The molecule has 6 nitrogen and oxygen atoms in total. The molecule has 6 rings (SSSR count). The maximum atomic E-state index is 4.85. The molecule has 1 aromatic carbocycles. The van der Waals surface area contributed by atoms with Crippen LogP contribution in [0.4, 0.5) is 0 Å². The minimum atomic E-state index is -0.262. The SMILES string of the molecule is c1ccc(C(c2ccccn2)c2nnc(C(c3ccccn3)c3ccccn3)c3ccccc23)nc1. The van der Waals surface area contributed by atoms with E-state index in [0.717, 1.165) is 44.9 Å². The highest BCUT2D eigenvalue weighted by molar-refractivity contribution is 5.88. The number of benzene rings is 1. The van der Waals surface area contributed by atoms with Crippen molar-refractivity contribution in [2.24, 2.45) is 0 Å². The van der Waals surface area contributed by atoms with Gasteiger partial charge in [0, 0.05) is 35.6 Å². The fourth-order valence-corrected chi connectivity index (χ4v) is 4.62. The molecular formula is C30H22N6.